The third kappa shape index (κ3) is 2.15. The quantitative estimate of drug-likeness (QED) is 0.874. The highest BCUT2D eigenvalue weighted by Gasteiger charge is 2.44. The maximum absolute atomic E-state index is 13.8. The second kappa shape index (κ2) is 4.42. The first-order chi connectivity index (χ1) is 9.08. The molecule has 3 rings (SSSR count). The van der Waals surface area contributed by atoms with Crippen molar-refractivity contribution in [2.45, 2.75) is 24.3 Å². The van der Waals surface area contributed by atoms with Crippen LogP contribution >= 0.6 is 0 Å². The van der Waals surface area contributed by atoms with E-state index in [4.69, 9.17) is 5.73 Å². The van der Waals surface area contributed by atoms with Gasteiger partial charge in [-0.3, -0.25) is 0 Å². The predicted molar refractivity (Wildman–Crippen MR) is 70.6 cm³/mol. The summed E-state index contributed by atoms with van der Waals surface area (Å²) in [5, 5.41) is 0. The molecule has 0 aromatic heterocycles. The van der Waals surface area contributed by atoms with Crippen molar-refractivity contribution in [1.29, 1.82) is 0 Å². The molecule has 1 aliphatic rings. The van der Waals surface area contributed by atoms with Gasteiger partial charge in [0.15, 0.2) is 0 Å². The Morgan fingerprint density at radius 2 is 1.68 bits per heavy atom. The Hall–Kier alpha value is -1.74. The van der Waals surface area contributed by atoms with Gasteiger partial charge in [0.05, 0.1) is 0 Å². The van der Waals surface area contributed by atoms with Gasteiger partial charge in [-0.15, -0.1) is 0 Å². The zero-order valence-corrected chi connectivity index (χ0v) is 10.4. The molecule has 2 aromatic carbocycles. The van der Waals surface area contributed by atoms with Crippen LogP contribution in [0.25, 0.3) is 0 Å². The summed E-state index contributed by atoms with van der Waals surface area (Å²) in [6.07, 6.45) is 1.39. The lowest BCUT2D eigenvalue weighted by molar-refractivity contribution is 0.202. The zero-order valence-electron chi connectivity index (χ0n) is 10.4. The average Bonchev–Trinajstić information content (AvgIpc) is 2.36. The fourth-order valence-electron chi connectivity index (χ4n) is 2.89. The number of nitrogens with two attached hydrogens (primary N) is 1. The van der Waals surface area contributed by atoms with Crippen LogP contribution in [0, 0.1) is 11.6 Å². The molecule has 98 valence electrons. The van der Waals surface area contributed by atoms with E-state index < -0.39 is 17.2 Å². The number of hydrogen-bond acceptors (Lipinski definition) is 1. The van der Waals surface area contributed by atoms with Gasteiger partial charge in [-0.05, 0) is 30.4 Å². The van der Waals surface area contributed by atoms with Crippen LogP contribution in [0.15, 0.2) is 48.5 Å². The van der Waals surface area contributed by atoms with E-state index in [1.165, 1.54) is 17.7 Å². The smallest absolute Gasteiger partial charge is 0.131 e. The Bertz CT molecular complexity index is 589. The first-order valence-electron chi connectivity index (χ1n) is 6.38. The van der Waals surface area contributed by atoms with Gasteiger partial charge in [0.25, 0.3) is 0 Å². The second-order valence-electron chi connectivity index (χ2n) is 5.30. The summed E-state index contributed by atoms with van der Waals surface area (Å²) in [5.41, 5.74) is 7.22. The summed E-state index contributed by atoms with van der Waals surface area (Å²) in [5.74, 6) is -0.756. The molecule has 1 aliphatic carbocycles. The van der Waals surface area contributed by atoms with E-state index in [1.54, 1.807) is 0 Å². The molecule has 0 spiro atoms. The number of hydrogen-bond donors (Lipinski definition) is 1. The minimum absolute atomic E-state index is 0.357. The van der Waals surface area contributed by atoms with Crippen molar-refractivity contribution < 1.29 is 8.78 Å². The molecule has 0 heterocycles. The highest BCUT2D eigenvalue weighted by molar-refractivity contribution is 5.34. The Morgan fingerprint density at radius 1 is 1.00 bits per heavy atom. The van der Waals surface area contributed by atoms with Gasteiger partial charge in [-0.1, -0.05) is 36.4 Å². The molecule has 1 fully saturated rings. The van der Waals surface area contributed by atoms with Crippen molar-refractivity contribution in [1.82, 2.24) is 0 Å². The Balaban J connectivity index is 1.81. The van der Waals surface area contributed by atoms with Crippen LogP contribution in [0.5, 0.6) is 0 Å². The van der Waals surface area contributed by atoms with Gasteiger partial charge in [0.2, 0.25) is 0 Å². The summed E-state index contributed by atoms with van der Waals surface area (Å²) in [6, 6.07) is 13.7. The van der Waals surface area contributed by atoms with Crippen LogP contribution in [0.4, 0.5) is 8.78 Å². The molecule has 2 aromatic rings. The lowest BCUT2D eigenvalue weighted by Gasteiger charge is -2.45. The summed E-state index contributed by atoms with van der Waals surface area (Å²) in [4.78, 5) is 0. The normalized spacial score (nSPS) is 25.9. The van der Waals surface area contributed by atoms with Crippen LogP contribution in [-0.2, 0) is 5.54 Å². The van der Waals surface area contributed by atoms with Crippen molar-refractivity contribution >= 4 is 0 Å². The number of rotatable bonds is 2. The van der Waals surface area contributed by atoms with Gasteiger partial charge in [-0.2, -0.15) is 0 Å². The summed E-state index contributed by atoms with van der Waals surface area (Å²) in [7, 11) is 0. The molecule has 0 atom stereocenters. The molecule has 1 saturated carbocycles. The summed E-state index contributed by atoms with van der Waals surface area (Å²) >= 11 is 0. The van der Waals surface area contributed by atoms with Crippen molar-refractivity contribution in [3.05, 3.63) is 71.3 Å². The maximum atomic E-state index is 13.8. The zero-order chi connectivity index (χ0) is 13.5. The van der Waals surface area contributed by atoms with Crippen molar-refractivity contribution in [3.8, 4) is 0 Å². The lowest BCUT2D eigenvalue weighted by atomic mass is 9.63. The molecule has 0 radical (unpaired) electrons. The van der Waals surface area contributed by atoms with E-state index in [0.717, 1.165) is 6.07 Å². The lowest BCUT2D eigenvalue weighted by Crippen LogP contribution is -2.48. The van der Waals surface area contributed by atoms with E-state index >= 15 is 0 Å². The molecule has 0 unspecified atom stereocenters. The van der Waals surface area contributed by atoms with Gasteiger partial charge in [0.1, 0.15) is 11.6 Å². The minimum Gasteiger partial charge on any atom is -0.321 e. The van der Waals surface area contributed by atoms with Crippen molar-refractivity contribution in [2.24, 2.45) is 5.73 Å². The van der Waals surface area contributed by atoms with E-state index in [1.807, 2.05) is 18.2 Å². The van der Waals surface area contributed by atoms with E-state index in [-0.39, 0.29) is 0 Å². The first kappa shape index (κ1) is 12.3. The number of halogens is 2. The van der Waals surface area contributed by atoms with Gasteiger partial charge < -0.3 is 5.73 Å². The highest BCUT2D eigenvalue weighted by Crippen LogP contribution is 2.49. The third-order valence-electron chi connectivity index (χ3n) is 3.96. The van der Waals surface area contributed by atoms with Gasteiger partial charge in [0, 0.05) is 17.2 Å². The summed E-state index contributed by atoms with van der Waals surface area (Å²) < 4.78 is 26.7. The van der Waals surface area contributed by atoms with Gasteiger partial charge in [-0.25, -0.2) is 8.78 Å². The molecular weight excluding hydrogens is 244 g/mol. The fourth-order valence-corrected chi connectivity index (χ4v) is 2.89. The minimum atomic E-state index is -0.668. The highest BCUT2D eigenvalue weighted by atomic mass is 19.1. The van der Waals surface area contributed by atoms with Gasteiger partial charge >= 0.3 is 0 Å². The standard InChI is InChI=1S/C16H15F2N/c17-13-6-7-14(15(18)8-13)16(19)9-12(10-16)11-4-2-1-3-5-11/h1-8,12H,9-10,19H2. The van der Waals surface area contributed by atoms with Crippen LogP contribution in [0.2, 0.25) is 0 Å². The summed E-state index contributed by atoms with van der Waals surface area (Å²) in [6.45, 7) is 0. The number of benzene rings is 2. The molecule has 0 aliphatic heterocycles. The molecule has 1 nitrogen and oxygen atoms in total. The maximum Gasteiger partial charge on any atom is 0.131 e. The second-order valence-corrected chi connectivity index (χ2v) is 5.30. The SMILES string of the molecule is NC1(c2ccc(F)cc2F)CC(c2ccccc2)C1. The van der Waals surface area contributed by atoms with Crippen LogP contribution in [0.3, 0.4) is 0 Å². The van der Waals surface area contributed by atoms with Crippen LogP contribution in [0.1, 0.15) is 29.9 Å². The molecule has 0 bridgehead atoms. The topological polar surface area (TPSA) is 26.0 Å². The third-order valence-corrected chi connectivity index (χ3v) is 3.96. The molecule has 19 heavy (non-hydrogen) atoms. The Labute approximate surface area is 111 Å². The Morgan fingerprint density at radius 3 is 2.32 bits per heavy atom. The van der Waals surface area contributed by atoms with Crippen LogP contribution < -0.4 is 5.73 Å². The first-order valence-corrected chi connectivity index (χ1v) is 6.38. The monoisotopic (exact) mass is 259 g/mol. The fraction of sp³-hybridized carbons (Fsp3) is 0.250. The molecule has 0 saturated heterocycles. The molecule has 2 N–H and O–H groups in total. The predicted octanol–water partition coefficient (Wildman–Crippen LogP) is 3.70. The Kier molecular flexibility index (Phi) is 2.86. The molecular formula is C16H15F2N. The average molecular weight is 259 g/mol. The van der Waals surface area contributed by atoms with Crippen molar-refractivity contribution in [3.63, 3.8) is 0 Å². The van der Waals surface area contributed by atoms with E-state index in [0.29, 0.717) is 24.3 Å². The molecule has 0 amide bonds. The largest absolute Gasteiger partial charge is 0.321 e. The van der Waals surface area contributed by atoms with E-state index in [9.17, 15) is 8.78 Å². The van der Waals surface area contributed by atoms with E-state index in [2.05, 4.69) is 12.1 Å². The molecule has 3 heteroatoms. The van der Waals surface area contributed by atoms with Crippen LogP contribution in [-0.4, -0.2) is 0 Å². The van der Waals surface area contributed by atoms with Crippen molar-refractivity contribution in [2.75, 3.05) is 0 Å².